The summed E-state index contributed by atoms with van der Waals surface area (Å²) >= 11 is 0. The molecule has 8 nitrogen and oxygen atoms in total. The molecule has 5 rings (SSSR count). The Morgan fingerprint density at radius 3 is 2.75 bits per heavy atom. The van der Waals surface area contributed by atoms with Crippen molar-refractivity contribution in [2.75, 3.05) is 43.5 Å². The van der Waals surface area contributed by atoms with Gasteiger partial charge in [-0.1, -0.05) is 36.4 Å². The van der Waals surface area contributed by atoms with Crippen LogP contribution in [-0.2, 0) is 9.53 Å². The molecule has 1 aliphatic carbocycles. The van der Waals surface area contributed by atoms with Crippen LogP contribution in [0.1, 0.15) is 37.8 Å². The number of hydrogen-bond acceptors (Lipinski definition) is 7. The lowest BCUT2D eigenvalue weighted by atomic mass is 9.96. The van der Waals surface area contributed by atoms with Gasteiger partial charge >= 0.3 is 0 Å². The van der Waals surface area contributed by atoms with Gasteiger partial charge in [0.2, 0.25) is 5.91 Å². The molecule has 2 aromatic carbocycles. The van der Waals surface area contributed by atoms with Crippen molar-refractivity contribution in [3.05, 3.63) is 66.5 Å². The molecule has 0 bridgehead atoms. The Morgan fingerprint density at radius 1 is 1.19 bits per heavy atom. The maximum absolute atomic E-state index is 12.8. The van der Waals surface area contributed by atoms with E-state index in [0.717, 1.165) is 68.6 Å². The maximum atomic E-state index is 12.8. The number of morpholine rings is 1. The second kappa shape index (κ2) is 11.5. The van der Waals surface area contributed by atoms with E-state index < -0.39 is 0 Å². The Balaban J connectivity index is 1.37. The fraction of sp³-hybridized carbons (Fsp3) is 0.393. The number of aromatic nitrogens is 2. The van der Waals surface area contributed by atoms with E-state index in [-0.39, 0.29) is 18.1 Å². The lowest BCUT2D eigenvalue weighted by molar-refractivity contribution is -0.111. The second-order valence-corrected chi connectivity index (χ2v) is 9.34. The van der Waals surface area contributed by atoms with E-state index >= 15 is 0 Å². The van der Waals surface area contributed by atoms with Crippen molar-refractivity contribution in [2.24, 2.45) is 0 Å². The lowest BCUT2D eigenvalue weighted by Gasteiger charge is -2.27. The van der Waals surface area contributed by atoms with Crippen LogP contribution >= 0.6 is 0 Å². The Hall–Kier alpha value is -3.49. The summed E-state index contributed by atoms with van der Waals surface area (Å²) in [5.74, 6) is 1.16. The predicted octanol–water partition coefficient (Wildman–Crippen LogP) is 4.56. The summed E-state index contributed by atoms with van der Waals surface area (Å²) in [6.07, 6.45) is 8.43. The third-order valence-electron chi connectivity index (χ3n) is 6.73. The number of carbonyl (C=O) groups is 1. The van der Waals surface area contributed by atoms with Gasteiger partial charge in [-0.3, -0.25) is 9.69 Å². The number of rotatable bonds is 9. The van der Waals surface area contributed by atoms with Crippen LogP contribution in [0.4, 0.5) is 11.5 Å². The van der Waals surface area contributed by atoms with E-state index in [9.17, 15) is 4.79 Å². The summed E-state index contributed by atoms with van der Waals surface area (Å²) in [4.78, 5) is 24.1. The van der Waals surface area contributed by atoms with Gasteiger partial charge in [-0.25, -0.2) is 9.97 Å². The van der Waals surface area contributed by atoms with Crippen molar-refractivity contribution >= 4 is 28.3 Å². The van der Waals surface area contributed by atoms with Crippen molar-refractivity contribution in [3.63, 3.8) is 0 Å². The van der Waals surface area contributed by atoms with Crippen LogP contribution in [0.15, 0.2) is 60.9 Å². The van der Waals surface area contributed by atoms with Gasteiger partial charge < -0.3 is 20.1 Å². The molecule has 2 N–H and O–H groups in total. The molecule has 3 aromatic rings. The van der Waals surface area contributed by atoms with E-state index in [1.807, 2.05) is 36.4 Å². The zero-order valence-electron chi connectivity index (χ0n) is 20.7. The van der Waals surface area contributed by atoms with E-state index in [2.05, 4.69) is 44.6 Å². The molecule has 2 aliphatic rings. The third kappa shape index (κ3) is 6.01. The van der Waals surface area contributed by atoms with Crippen molar-refractivity contribution in [1.82, 2.24) is 14.9 Å². The van der Waals surface area contributed by atoms with Gasteiger partial charge in [-0.05, 0) is 37.8 Å². The summed E-state index contributed by atoms with van der Waals surface area (Å²) in [5, 5.41) is 7.36. The summed E-state index contributed by atoms with van der Waals surface area (Å²) in [6, 6.07) is 14.1. The monoisotopic (exact) mass is 487 g/mol. The van der Waals surface area contributed by atoms with Crippen LogP contribution in [-0.4, -0.2) is 59.7 Å². The van der Waals surface area contributed by atoms with Gasteiger partial charge in [0.05, 0.1) is 30.5 Å². The quantitative estimate of drug-likeness (QED) is 0.428. The summed E-state index contributed by atoms with van der Waals surface area (Å²) in [5.41, 5.74) is 2.55. The molecule has 0 spiro atoms. The first-order valence-electron chi connectivity index (χ1n) is 12.7. The Kier molecular flexibility index (Phi) is 7.73. The van der Waals surface area contributed by atoms with Crippen LogP contribution in [0.2, 0.25) is 0 Å². The summed E-state index contributed by atoms with van der Waals surface area (Å²) in [7, 11) is 0. The number of benzene rings is 2. The van der Waals surface area contributed by atoms with Gasteiger partial charge in [-0.15, -0.1) is 0 Å². The number of fused-ring (bicyclic) bond motifs is 1. The van der Waals surface area contributed by atoms with Crippen LogP contribution in [0, 0.1) is 0 Å². The molecular formula is C28H33N5O3. The molecule has 8 heteroatoms. The number of ether oxygens (including phenoxy) is 2. The van der Waals surface area contributed by atoms with Gasteiger partial charge in [0.15, 0.2) is 0 Å². The molecule has 2 heterocycles. The third-order valence-corrected chi connectivity index (χ3v) is 6.73. The highest BCUT2D eigenvalue weighted by molar-refractivity contribution is 6.03. The molecule has 1 aliphatic heterocycles. The first-order chi connectivity index (χ1) is 17.7. The van der Waals surface area contributed by atoms with Gasteiger partial charge in [-0.2, -0.15) is 0 Å². The molecule has 1 saturated heterocycles. The van der Waals surface area contributed by atoms with Crippen molar-refractivity contribution < 1.29 is 14.3 Å². The number of anilines is 2. The first-order valence-corrected chi connectivity index (χ1v) is 12.7. The molecular weight excluding hydrogens is 454 g/mol. The second-order valence-electron chi connectivity index (χ2n) is 9.34. The SMILES string of the molecule is C[C@@H](Nc1ncnc2cc(OC3CCC3)c(NC(=O)C=CCN3CCOCC3)cc12)c1ccccc1. The van der Waals surface area contributed by atoms with Crippen LogP contribution in [0.3, 0.4) is 0 Å². The minimum atomic E-state index is -0.190. The molecule has 1 amide bonds. The zero-order chi connectivity index (χ0) is 24.7. The molecule has 0 radical (unpaired) electrons. The van der Waals surface area contributed by atoms with E-state index in [1.54, 1.807) is 12.4 Å². The first kappa shape index (κ1) is 24.2. The van der Waals surface area contributed by atoms with Crippen molar-refractivity contribution in [1.29, 1.82) is 0 Å². The smallest absolute Gasteiger partial charge is 0.248 e. The lowest BCUT2D eigenvalue weighted by Crippen LogP contribution is -2.36. The molecule has 1 aromatic heterocycles. The van der Waals surface area contributed by atoms with Crippen molar-refractivity contribution in [2.45, 2.75) is 38.3 Å². The van der Waals surface area contributed by atoms with Gasteiger partial charge in [0, 0.05) is 43.2 Å². The molecule has 2 fully saturated rings. The highest BCUT2D eigenvalue weighted by Gasteiger charge is 2.22. The Bertz CT molecular complexity index is 1210. The molecule has 0 unspecified atom stereocenters. The molecule has 188 valence electrons. The van der Waals surface area contributed by atoms with Crippen LogP contribution in [0.25, 0.3) is 10.9 Å². The van der Waals surface area contributed by atoms with Gasteiger partial charge in [0.1, 0.15) is 17.9 Å². The average Bonchev–Trinajstić information content (AvgIpc) is 2.88. The average molecular weight is 488 g/mol. The number of nitrogens with zero attached hydrogens (tertiary/aromatic N) is 3. The largest absolute Gasteiger partial charge is 0.488 e. The van der Waals surface area contributed by atoms with Crippen LogP contribution < -0.4 is 15.4 Å². The van der Waals surface area contributed by atoms with Crippen molar-refractivity contribution in [3.8, 4) is 5.75 Å². The zero-order valence-corrected chi connectivity index (χ0v) is 20.7. The minimum Gasteiger partial charge on any atom is -0.488 e. The van der Waals surface area contributed by atoms with E-state index in [0.29, 0.717) is 17.3 Å². The van der Waals surface area contributed by atoms with E-state index in [1.165, 1.54) is 0 Å². The minimum absolute atomic E-state index is 0.0522. The number of hydrogen-bond donors (Lipinski definition) is 2. The maximum Gasteiger partial charge on any atom is 0.248 e. The highest BCUT2D eigenvalue weighted by Crippen LogP contribution is 2.36. The van der Waals surface area contributed by atoms with E-state index in [4.69, 9.17) is 9.47 Å². The normalized spacial score (nSPS) is 17.6. The predicted molar refractivity (Wildman–Crippen MR) is 141 cm³/mol. The number of nitrogens with one attached hydrogen (secondary N) is 2. The highest BCUT2D eigenvalue weighted by atomic mass is 16.5. The summed E-state index contributed by atoms with van der Waals surface area (Å²) < 4.78 is 11.6. The van der Waals surface area contributed by atoms with Gasteiger partial charge in [0.25, 0.3) is 0 Å². The molecule has 1 atom stereocenters. The van der Waals surface area contributed by atoms with Crippen LogP contribution in [0.5, 0.6) is 5.75 Å². The molecule has 36 heavy (non-hydrogen) atoms. The fourth-order valence-corrected chi connectivity index (χ4v) is 4.36. The molecule has 1 saturated carbocycles. The standard InChI is InChI=1S/C28H33N5O3/c1-20(21-7-3-2-4-8-21)31-28-23-17-25(32-27(34)11-6-12-33-13-15-35-16-14-33)26(36-22-9-5-10-22)18-24(23)29-19-30-28/h2-4,6-8,11,17-20,22H,5,9-10,12-16H2,1H3,(H,32,34)(H,29,30,31)/t20-/m1/s1. The number of amides is 1. The summed E-state index contributed by atoms with van der Waals surface area (Å²) in [6.45, 7) is 6.06. The topological polar surface area (TPSA) is 88.6 Å². The fourth-order valence-electron chi connectivity index (χ4n) is 4.36. The number of carbonyl (C=O) groups excluding carboxylic acids is 1. The Labute approximate surface area is 211 Å². The Morgan fingerprint density at radius 2 is 2.00 bits per heavy atom.